The van der Waals surface area contributed by atoms with Gasteiger partial charge in [0, 0.05) is 18.6 Å². The van der Waals surface area contributed by atoms with Gasteiger partial charge in [0.25, 0.3) is 0 Å². The first kappa shape index (κ1) is 20.9. The van der Waals surface area contributed by atoms with Crippen molar-refractivity contribution in [1.29, 1.82) is 0 Å². The number of esters is 1. The lowest BCUT2D eigenvalue weighted by Gasteiger charge is -2.10. The van der Waals surface area contributed by atoms with Gasteiger partial charge in [-0.25, -0.2) is 9.48 Å². The van der Waals surface area contributed by atoms with Gasteiger partial charge in [-0.15, -0.1) is 13.2 Å². The predicted molar refractivity (Wildman–Crippen MR) is 101 cm³/mol. The highest BCUT2D eigenvalue weighted by Crippen LogP contribution is 2.28. The van der Waals surface area contributed by atoms with Crippen LogP contribution in [0.25, 0.3) is 16.9 Å². The van der Waals surface area contributed by atoms with E-state index in [2.05, 4.69) is 19.9 Å². The highest BCUT2D eigenvalue weighted by Gasteiger charge is 2.31. The first-order chi connectivity index (χ1) is 14.2. The molecule has 1 amide bonds. The Kier molecular flexibility index (Phi) is 5.77. The molecule has 3 rings (SSSR count). The topological polar surface area (TPSA) is 82.5 Å². The molecule has 0 bridgehead atoms. The molecular weight excluding hydrogens is 403 g/mol. The largest absolute Gasteiger partial charge is 0.573 e. The molecule has 10 heteroatoms. The molecule has 0 radical (unpaired) electrons. The van der Waals surface area contributed by atoms with Crippen molar-refractivity contribution in [2.24, 2.45) is 0 Å². The van der Waals surface area contributed by atoms with Gasteiger partial charge in [0.05, 0.1) is 24.1 Å². The van der Waals surface area contributed by atoms with Crippen LogP contribution in [0.3, 0.4) is 0 Å². The number of carbonyl (C=O) groups excluding carboxylic acids is 2. The van der Waals surface area contributed by atoms with E-state index in [1.54, 1.807) is 30.3 Å². The van der Waals surface area contributed by atoms with E-state index in [9.17, 15) is 22.8 Å². The second kappa shape index (κ2) is 8.27. The van der Waals surface area contributed by atoms with Gasteiger partial charge in [-0.1, -0.05) is 12.1 Å². The Hall–Kier alpha value is -3.82. The molecule has 1 N–H and O–H groups in total. The lowest BCUT2D eigenvalue weighted by molar-refractivity contribution is -0.274. The Balaban J connectivity index is 1.95. The number of anilines is 1. The van der Waals surface area contributed by atoms with Gasteiger partial charge < -0.3 is 14.8 Å². The SMILES string of the molecule is COC(=O)c1ccc(-c2cc(NC(C)=O)n(-c3ccc(OC(F)(F)F)cc3)n2)cc1. The Morgan fingerprint density at radius 3 is 2.20 bits per heavy atom. The molecular formula is C20H16F3N3O4. The first-order valence-corrected chi connectivity index (χ1v) is 8.59. The van der Waals surface area contributed by atoms with Gasteiger partial charge in [-0.05, 0) is 36.4 Å². The van der Waals surface area contributed by atoms with Crippen molar-refractivity contribution >= 4 is 17.7 Å². The van der Waals surface area contributed by atoms with Crippen molar-refractivity contribution in [2.45, 2.75) is 13.3 Å². The third-order valence-corrected chi connectivity index (χ3v) is 3.93. The summed E-state index contributed by atoms with van der Waals surface area (Å²) >= 11 is 0. The zero-order valence-electron chi connectivity index (χ0n) is 15.9. The van der Waals surface area contributed by atoms with Crippen LogP contribution in [0.1, 0.15) is 17.3 Å². The van der Waals surface area contributed by atoms with Crippen LogP contribution in [-0.4, -0.2) is 35.1 Å². The number of methoxy groups -OCH3 is 1. The smallest absolute Gasteiger partial charge is 0.465 e. The standard InChI is InChI=1S/C20H16F3N3O4/c1-12(27)24-18-11-17(13-3-5-14(6-4-13)19(28)29-2)25-26(18)15-7-9-16(10-8-15)30-20(21,22)23/h3-11H,1-2H3,(H,24,27). The maximum Gasteiger partial charge on any atom is 0.573 e. The van der Waals surface area contributed by atoms with Crippen LogP contribution in [0.4, 0.5) is 19.0 Å². The van der Waals surface area contributed by atoms with Crippen molar-refractivity contribution in [1.82, 2.24) is 9.78 Å². The minimum atomic E-state index is -4.79. The van der Waals surface area contributed by atoms with E-state index in [0.29, 0.717) is 28.3 Å². The number of ether oxygens (including phenoxy) is 2. The van der Waals surface area contributed by atoms with Crippen LogP contribution in [0.5, 0.6) is 5.75 Å². The molecule has 0 atom stereocenters. The van der Waals surface area contributed by atoms with Crippen LogP contribution >= 0.6 is 0 Å². The summed E-state index contributed by atoms with van der Waals surface area (Å²) < 4.78 is 46.9. The fraction of sp³-hybridized carbons (Fsp3) is 0.150. The van der Waals surface area contributed by atoms with Crippen molar-refractivity contribution in [3.05, 3.63) is 60.2 Å². The fourth-order valence-electron chi connectivity index (χ4n) is 2.67. The molecule has 0 aliphatic rings. The first-order valence-electron chi connectivity index (χ1n) is 8.59. The second-order valence-corrected chi connectivity index (χ2v) is 6.12. The second-order valence-electron chi connectivity index (χ2n) is 6.12. The predicted octanol–water partition coefficient (Wildman–Crippen LogP) is 4.18. The van der Waals surface area contributed by atoms with E-state index in [0.717, 1.165) is 12.1 Å². The third kappa shape index (κ3) is 4.96. The van der Waals surface area contributed by atoms with E-state index in [4.69, 9.17) is 0 Å². The summed E-state index contributed by atoms with van der Waals surface area (Å²) in [6.45, 7) is 1.32. The van der Waals surface area contributed by atoms with E-state index in [1.807, 2.05) is 0 Å². The Labute approximate surface area is 169 Å². The minimum absolute atomic E-state index is 0.319. The number of hydrogen-bond acceptors (Lipinski definition) is 5. The van der Waals surface area contributed by atoms with Crippen molar-refractivity contribution in [2.75, 3.05) is 12.4 Å². The van der Waals surface area contributed by atoms with Crippen LogP contribution in [-0.2, 0) is 9.53 Å². The monoisotopic (exact) mass is 419 g/mol. The number of nitrogens with zero attached hydrogens (tertiary/aromatic N) is 2. The summed E-state index contributed by atoms with van der Waals surface area (Å²) in [5, 5.41) is 7.06. The maximum atomic E-state index is 12.3. The average molecular weight is 419 g/mol. The number of nitrogens with one attached hydrogen (secondary N) is 1. The molecule has 0 spiro atoms. The number of aromatic nitrogens is 2. The molecule has 0 saturated carbocycles. The highest BCUT2D eigenvalue weighted by molar-refractivity contribution is 5.90. The molecule has 2 aromatic carbocycles. The average Bonchev–Trinajstić information content (AvgIpc) is 3.10. The zero-order chi connectivity index (χ0) is 21.9. The number of rotatable bonds is 5. The summed E-state index contributed by atoms with van der Waals surface area (Å²) in [6, 6.07) is 13.1. The maximum absolute atomic E-state index is 12.3. The molecule has 7 nitrogen and oxygen atoms in total. The number of amides is 1. The quantitative estimate of drug-likeness (QED) is 0.628. The highest BCUT2D eigenvalue weighted by atomic mass is 19.4. The Morgan fingerprint density at radius 2 is 1.67 bits per heavy atom. The zero-order valence-corrected chi connectivity index (χ0v) is 15.9. The Morgan fingerprint density at radius 1 is 1.03 bits per heavy atom. The number of benzene rings is 2. The van der Waals surface area contributed by atoms with Gasteiger partial charge in [0.15, 0.2) is 0 Å². The molecule has 0 saturated heterocycles. The van der Waals surface area contributed by atoms with Crippen molar-refractivity contribution in [3.8, 4) is 22.7 Å². The fourth-order valence-corrected chi connectivity index (χ4v) is 2.67. The van der Waals surface area contributed by atoms with Crippen LogP contribution in [0.15, 0.2) is 54.6 Å². The van der Waals surface area contributed by atoms with Gasteiger partial charge in [-0.2, -0.15) is 5.10 Å². The number of alkyl halides is 3. The van der Waals surface area contributed by atoms with Crippen LogP contribution in [0.2, 0.25) is 0 Å². The number of hydrogen-bond donors (Lipinski definition) is 1. The molecule has 1 heterocycles. The normalized spacial score (nSPS) is 11.1. The summed E-state index contributed by atoms with van der Waals surface area (Å²) in [5.74, 6) is -0.884. The molecule has 3 aromatic rings. The number of carbonyl (C=O) groups is 2. The molecule has 0 aliphatic carbocycles. The van der Waals surface area contributed by atoms with Crippen LogP contribution < -0.4 is 10.1 Å². The van der Waals surface area contributed by atoms with Gasteiger partial charge >= 0.3 is 12.3 Å². The van der Waals surface area contributed by atoms with E-state index in [1.165, 1.54) is 30.8 Å². The van der Waals surface area contributed by atoms with Gasteiger partial charge in [0.1, 0.15) is 11.6 Å². The van der Waals surface area contributed by atoms with Gasteiger partial charge in [-0.3, -0.25) is 4.79 Å². The van der Waals surface area contributed by atoms with E-state index < -0.39 is 12.3 Å². The minimum Gasteiger partial charge on any atom is -0.465 e. The molecule has 30 heavy (non-hydrogen) atoms. The lowest BCUT2D eigenvalue weighted by Crippen LogP contribution is -2.17. The molecule has 0 unspecified atom stereocenters. The van der Waals surface area contributed by atoms with Crippen molar-refractivity contribution in [3.63, 3.8) is 0 Å². The molecule has 0 aliphatic heterocycles. The lowest BCUT2D eigenvalue weighted by atomic mass is 10.1. The number of halogens is 3. The summed E-state index contributed by atoms with van der Waals surface area (Å²) in [5.41, 5.74) is 1.91. The van der Waals surface area contributed by atoms with E-state index >= 15 is 0 Å². The van der Waals surface area contributed by atoms with Gasteiger partial charge in [0.2, 0.25) is 5.91 Å². The Bertz CT molecular complexity index is 1060. The summed E-state index contributed by atoms with van der Waals surface area (Å²) in [4.78, 5) is 23.1. The summed E-state index contributed by atoms with van der Waals surface area (Å²) in [7, 11) is 1.28. The molecule has 0 fully saturated rings. The summed E-state index contributed by atoms with van der Waals surface area (Å²) in [6.07, 6.45) is -4.79. The molecule has 1 aromatic heterocycles. The third-order valence-electron chi connectivity index (χ3n) is 3.93. The van der Waals surface area contributed by atoms with Crippen LogP contribution in [0, 0.1) is 0 Å². The van der Waals surface area contributed by atoms with Crippen molar-refractivity contribution < 1.29 is 32.2 Å². The molecule has 156 valence electrons. The van der Waals surface area contributed by atoms with E-state index in [-0.39, 0.29) is 11.7 Å².